The van der Waals surface area contributed by atoms with E-state index >= 15 is 0 Å². The van der Waals surface area contributed by atoms with Crippen LogP contribution in [-0.4, -0.2) is 40.5 Å². The average molecular weight is 256 g/mol. The summed E-state index contributed by atoms with van der Waals surface area (Å²) < 4.78 is 0. The molecular weight excluding hydrogens is 236 g/mol. The summed E-state index contributed by atoms with van der Waals surface area (Å²) >= 11 is 0. The minimum Gasteiger partial charge on any atom is -0.346 e. The van der Waals surface area contributed by atoms with Crippen LogP contribution in [0.25, 0.3) is 11.0 Å². The maximum atomic E-state index is 4.38. The molecule has 2 aliphatic rings. The predicted molar refractivity (Wildman–Crippen MR) is 75.9 cm³/mol. The van der Waals surface area contributed by atoms with Crippen molar-refractivity contribution in [3.05, 3.63) is 30.1 Å². The quantitative estimate of drug-likeness (QED) is 0.860. The molecule has 0 bridgehead atoms. The summed E-state index contributed by atoms with van der Waals surface area (Å²) in [5.74, 6) is 0.858. The molecule has 0 saturated carbocycles. The van der Waals surface area contributed by atoms with E-state index in [-0.39, 0.29) is 0 Å². The van der Waals surface area contributed by atoms with Crippen molar-refractivity contribution in [1.29, 1.82) is 0 Å². The van der Waals surface area contributed by atoms with Crippen LogP contribution < -0.4 is 5.32 Å². The van der Waals surface area contributed by atoms with Gasteiger partial charge in [0.1, 0.15) is 5.65 Å². The van der Waals surface area contributed by atoms with E-state index in [2.05, 4.69) is 32.4 Å². The molecule has 2 saturated heterocycles. The van der Waals surface area contributed by atoms with E-state index in [0.29, 0.717) is 0 Å². The van der Waals surface area contributed by atoms with Crippen molar-refractivity contribution in [2.24, 2.45) is 5.92 Å². The molecule has 0 aromatic carbocycles. The first-order chi connectivity index (χ1) is 9.42. The normalized spacial score (nSPS) is 27.8. The van der Waals surface area contributed by atoms with Gasteiger partial charge in [-0.15, -0.1) is 0 Å². The number of likely N-dealkylation sites (tertiary alicyclic amines) is 1. The van der Waals surface area contributed by atoms with Gasteiger partial charge in [-0.3, -0.25) is 4.90 Å². The third-order valence-electron chi connectivity index (χ3n) is 4.70. The number of H-pyrrole nitrogens is 1. The number of aromatic amines is 1. The number of piperidine rings is 1. The Morgan fingerprint density at radius 3 is 3.37 bits per heavy atom. The van der Waals surface area contributed by atoms with Gasteiger partial charge in [0.05, 0.1) is 0 Å². The van der Waals surface area contributed by atoms with Crippen molar-refractivity contribution in [2.45, 2.75) is 25.4 Å². The number of nitrogens with one attached hydrogen (secondary N) is 2. The zero-order chi connectivity index (χ0) is 12.7. The lowest BCUT2D eigenvalue weighted by atomic mass is 9.92. The molecule has 2 aliphatic heterocycles. The highest BCUT2D eigenvalue weighted by molar-refractivity contribution is 5.79. The second-order valence-corrected chi connectivity index (χ2v) is 5.81. The molecule has 2 aromatic heterocycles. The molecule has 2 N–H and O–H groups in total. The largest absolute Gasteiger partial charge is 0.346 e. The number of rotatable bonds is 2. The van der Waals surface area contributed by atoms with Gasteiger partial charge in [0.15, 0.2) is 0 Å². The fourth-order valence-electron chi connectivity index (χ4n) is 3.72. The number of hydrogen-bond donors (Lipinski definition) is 2. The molecule has 2 unspecified atom stereocenters. The zero-order valence-electron chi connectivity index (χ0n) is 11.1. The Hall–Kier alpha value is -1.39. The third kappa shape index (κ3) is 1.95. The highest BCUT2D eigenvalue weighted by Crippen LogP contribution is 2.28. The molecule has 4 heteroatoms. The molecule has 0 radical (unpaired) electrons. The standard InChI is InChI=1S/C15H20N4/c1-4-13-12(8-18-15(13)17-5-1)10-19-6-2-3-11-7-16-9-14(11)19/h1,4-5,8,11,14,16H,2-3,6-7,9-10H2,(H,17,18). The number of nitrogens with zero attached hydrogens (tertiary/aromatic N) is 2. The van der Waals surface area contributed by atoms with E-state index in [1.165, 1.54) is 36.9 Å². The molecule has 19 heavy (non-hydrogen) atoms. The number of pyridine rings is 1. The van der Waals surface area contributed by atoms with Gasteiger partial charge in [0.25, 0.3) is 0 Å². The van der Waals surface area contributed by atoms with Crippen LogP contribution >= 0.6 is 0 Å². The monoisotopic (exact) mass is 256 g/mol. The fraction of sp³-hybridized carbons (Fsp3) is 0.533. The van der Waals surface area contributed by atoms with Crippen molar-refractivity contribution in [3.63, 3.8) is 0 Å². The van der Waals surface area contributed by atoms with Crippen LogP contribution in [0.3, 0.4) is 0 Å². The van der Waals surface area contributed by atoms with Gasteiger partial charge in [-0.1, -0.05) is 0 Å². The van der Waals surface area contributed by atoms with Crippen molar-refractivity contribution >= 4 is 11.0 Å². The lowest BCUT2D eigenvalue weighted by Crippen LogP contribution is -2.44. The van der Waals surface area contributed by atoms with Crippen molar-refractivity contribution < 1.29 is 0 Å². The molecular formula is C15H20N4. The predicted octanol–water partition coefficient (Wildman–Crippen LogP) is 1.75. The summed E-state index contributed by atoms with van der Waals surface area (Å²) in [6.07, 6.45) is 6.71. The molecule has 4 heterocycles. The first-order valence-corrected chi connectivity index (χ1v) is 7.27. The molecule has 0 spiro atoms. The van der Waals surface area contributed by atoms with Gasteiger partial charge < -0.3 is 10.3 Å². The van der Waals surface area contributed by atoms with E-state index in [1.54, 1.807) is 0 Å². The number of hydrogen-bond acceptors (Lipinski definition) is 3. The topological polar surface area (TPSA) is 44.0 Å². The summed E-state index contributed by atoms with van der Waals surface area (Å²) in [6, 6.07) is 4.92. The second-order valence-electron chi connectivity index (χ2n) is 5.81. The lowest BCUT2D eigenvalue weighted by molar-refractivity contribution is 0.118. The van der Waals surface area contributed by atoms with Crippen LogP contribution in [0.15, 0.2) is 24.5 Å². The Bertz CT molecular complexity index is 576. The molecule has 2 fully saturated rings. The lowest BCUT2D eigenvalue weighted by Gasteiger charge is -2.36. The van der Waals surface area contributed by atoms with Crippen LogP contribution in [-0.2, 0) is 6.54 Å². The first kappa shape index (κ1) is 11.4. The van der Waals surface area contributed by atoms with E-state index in [9.17, 15) is 0 Å². The summed E-state index contributed by atoms with van der Waals surface area (Å²) in [7, 11) is 0. The SMILES string of the molecule is c1cnc2[nH]cc(CN3CCCC4CNCC43)c2c1. The molecule has 2 atom stereocenters. The Balaban J connectivity index is 1.60. The highest BCUT2D eigenvalue weighted by atomic mass is 15.2. The number of aromatic nitrogens is 2. The summed E-state index contributed by atoms with van der Waals surface area (Å²) in [4.78, 5) is 10.3. The smallest absolute Gasteiger partial charge is 0.137 e. The van der Waals surface area contributed by atoms with Crippen LogP contribution in [0, 0.1) is 5.92 Å². The van der Waals surface area contributed by atoms with E-state index in [0.717, 1.165) is 30.7 Å². The van der Waals surface area contributed by atoms with E-state index in [1.807, 2.05) is 12.3 Å². The molecule has 0 amide bonds. The van der Waals surface area contributed by atoms with Gasteiger partial charge in [-0.05, 0) is 49.5 Å². The third-order valence-corrected chi connectivity index (χ3v) is 4.70. The Labute approximate surface area is 113 Å². The molecule has 0 aliphatic carbocycles. The van der Waals surface area contributed by atoms with Gasteiger partial charge in [-0.25, -0.2) is 4.98 Å². The molecule has 100 valence electrons. The number of fused-ring (bicyclic) bond motifs is 2. The molecule has 4 rings (SSSR count). The van der Waals surface area contributed by atoms with E-state index in [4.69, 9.17) is 0 Å². The second kappa shape index (κ2) is 4.62. The molecule has 2 aromatic rings. The minimum atomic E-state index is 0.732. The highest BCUT2D eigenvalue weighted by Gasteiger charge is 2.34. The molecule has 4 nitrogen and oxygen atoms in total. The zero-order valence-corrected chi connectivity index (χ0v) is 11.1. The Kier molecular flexibility index (Phi) is 2.78. The van der Waals surface area contributed by atoms with Crippen LogP contribution in [0.4, 0.5) is 0 Å². The maximum absolute atomic E-state index is 4.38. The summed E-state index contributed by atoms with van der Waals surface area (Å²) in [6.45, 7) is 4.65. The Morgan fingerprint density at radius 1 is 1.37 bits per heavy atom. The van der Waals surface area contributed by atoms with E-state index < -0.39 is 0 Å². The minimum absolute atomic E-state index is 0.732. The fourth-order valence-corrected chi connectivity index (χ4v) is 3.72. The van der Waals surface area contributed by atoms with Crippen LogP contribution in [0.2, 0.25) is 0 Å². The summed E-state index contributed by atoms with van der Waals surface area (Å²) in [5.41, 5.74) is 2.39. The summed E-state index contributed by atoms with van der Waals surface area (Å²) in [5, 5.41) is 4.82. The Morgan fingerprint density at radius 2 is 2.37 bits per heavy atom. The first-order valence-electron chi connectivity index (χ1n) is 7.27. The van der Waals surface area contributed by atoms with Crippen LogP contribution in [0.1, 0.15) is 18.4 Å². The van der Waals surface area contributed by atoms with Crippen molar-refractivity contribution in [2.75, 3.05) is 19.6 Å². The van der Waals surface area contributed by atoms with Gasteiger partial charge in [0.2, 0.25) is 0 Å². The van der Waals surface area contributed by atoms with Gasteiger partial charge >= 0.3 is 0 Å². The van der Waals surface area contributed by atoms with Crippen LogP contribution in [0.5, 0.6) is 0 Å². The van der Waals surface area contributed by atoms with Gasteiger partial charge in [-0.2, -0.15) is 0 Å². The van der Waals surface area contributed by atoms with Crippen molar-refractivity contribution in [1.82, 2.24) is 20.2 Å². The van der Waals surface area contributed by atoms with Gasteiger partial charge in [0, 0.05) is 36.9 Å². The maximum Gasteiger partial charge on any atom is 0.137 e. The average Bonchev–Trinajstić information content (AvgIpc) is 3.06. The van der Waals surface area contributed by atoms with Crippen molar-refractivity contribution in [3.8, 4) is 0 Å².